The van der Waals surface area contributed by atoms with E-state index in [0.29, 0.717) is 23.1 Å². The van der Waals surface area contributed by atoms with Gasteiger partial charge in [-0.05, 0) is 37.1 Å². The highest BCUT2D eigenvalue weighted by Gasteiger charge is 2.21. The van der Waals surface area contributed by atoms with Crippen LogP contribution < -0.4 is 5.32 Å². The number of benzene rings is 2. The summed E-state index contributed by atoms with van der Waals surface area (Å²) in [6.45, 7) is 6.09. The molecule has 1 unspecified atom stereocenters. The monoisotopic (exact) mass is 407 g/mol. The van der Waals surface area contributed by atoms with Gasteiger partial charge in [0.2, 0.25) is 5.91 Å². The van der Waals surface area contributed by atoms with Gasteiger partial charge in [0.1, 0.15) is 6.04 Å². The summed E-state index contributed by atoms with van der Waals surface area (Å²) >= 11 is 6.20. The number of carbonyl (C=O) groups excluding carboxylic acids is 1. The van der Waals surface area contributed by atoms with Crippen LogP contribution in [0.15, 0.2) is 54.7 Å². The summed E-state index contributed by atoms with van der Waals surface area (Å²) in [6, 6.07) is 15.8. The number of halogens is 1. The predicted molar refractivity (Wildman–Crippen MR) is 115 cm³/mol. The molecule has 1 atom stereocenters. The molecule has 148 valence electrons. The topological polar surface area (TPSA) is 64.7 Å². The van der Waals surface area contributed by atoms with Gasteiger partial charge in [0.05, 0.1) is 23.0 Å². The second kappa shape index (κ2) is 7.72. The van der Waals surface area contributed by atoms with Gasteiger partial charge in [0, 0.05) is 12.3 Å². The molecule has 0 aliphatic heterocycles. The number of aromatic nitrogens is 4. The average Bonchev–Trinajstić information content (AvgIpc) is 3.27. The molecule has 2 aromatic heterocycles. The fourth-order valence-corrected chi connectivity index (χ4v) is 3.61. The molecule has 0 spiro atoms. The van der Waals surface area contributed by atoms with E-state index in [1.54, 1.807) is 17.7 Å². The van der Waals surface area contributed by atoms with Crippen molar-refractivity contribution in [2.45, 2.75) is 33.4 Å². The largest absolute Gasteiger partial charge is 0.307 e. The fourth-order valence-electron chi connectivity index (χ4n) is 3.48. The number of aryl methyl sites for hydroxylation is 1. The number of fused-ring (bicyclic) bond motifs is 1. The number of hydrogen-bond acceptors (Lipinski definition) is 3. The first kappa shape index (κ1) is 19.2. The highest BCUT2D eigenvalue weighted by atomic mass is 35.5. The molecule has 1 amide bonds. The molecular weight excluding hydrogens is 386 g/mol. The average molecular weight is 408 g/mol. The second-order valence-electron chi connectivity index (χ2n) is 7.13. The quantitative estimate of drug-likeness (QED) is 0.519. The van der Waals surface area contributed by atoms with Crippen LogP contribution in [0.2, 0.25) is 5.02 Å². The molecule has 6 nitrogen and oxygen atoms in total. The molecule has 2 aromatic carbocycles. The highest BCUT2D eigenvalue weighted by Crippen LogP contribution is 2.23. The van der Waals surface area contributed by atoms with Crippen molar-refractivity contribution in [2.24, 2.45) is 0 Å². The van der Waals surface area contributed by atoms with E-state index in [9.17, 15) is 4.79 Å². The summed E-state index contributed by atoms with van der Waals surface area (Å²) in [6.07, 6.45) is 1.86. The second-order valence-corrected chi connectivity index (χ2v) is 7.51. The Morgan fingerprint density at radius 3 is 2.62 bits per heavy atom. The molecule has 7 heteroatoms. The van der Waals surface area contributed by atoms with Gasteiger partial charge in [-0.1, -0.05) is 54.1 Å². The Kier molecular flexibility index (Phi) is 5.11. The van der Waals surface area contributed by atoms with Gasteiger partial charge in [-0.3, -0.25) is 14.2 Å². The minimum atomic E-state index is -0.496. The van der Waals surface area contributed by atoms with E-state index in [4.69, 9.17) is 11.6 Å². The summed E-state index contributed by atoms with van der Waals surface area (Å²) < 4.78 is 3.46. The standard InChI is InChI=1S/C22H22ClN5O/c1-14-21(23)15(2)28(25-14)16(3)22(29)24-20-11-12-27(26-20)13-18-9-6-8-17-7-4-5-10-19(17)18/h4-12,16H,13H2,1-3H3,(H,24,26,29). The molecule has 0 aliphatic carbocycles. The number of carbonyl (C=O) groups is 1. The lowest BCUT2D eigenvalue weighted by molar-refractivity contribution is -0.119. The van der Waals surface area contributed by atoms with E-state index in [2.05, 4.69) is 39.8 Å². The third-order valence-electron chi connectivity index (χ3n) is 5.09. The molecule has 29 heavy (non-hydrogen) atoms. The smallest absolute Gasteiger partial charge is 0.250 e. The van der Waals surface area contributed by atoms with Crippen LogP contribution in [0.3, 0.4) is 0 Å². The first-order chi connectivity index (χ1) is 13.9. The minimum Gasteiger partial charge on any atom is -0.307 e. The van der Waals surface area contributed by atoms with Crippen molar-refractivity contribution in [1.82, 2.24) is 19.6 Å². The zero-order valence-corrected chi connectivity index (χ0v) is 17.3. The molecule has 0 fully saturated rings. The van der Waals surface area contributed by atoms with Crippen LogP contribution in [-0.4, -0.2) is 25.5 Å². The van der Waals surface area contributed by atoms with Crippen molar-refractivity contribution < 1.29 is 4.79 Å². The van der Waals surface area contributed by atoms with Crippen LogP contribution in [0.4, 0.5) is 5.82 Å². The van der Waals surface area contributed by atoms with Crippen LogP contribution >= 0.6 is 11.6 Å². The normalized spacial score (nSPS) is 12.3. The first-order valence-corrected chi connectivity index (χ1v) is 9.84. The molecule has 1 N–H and O–H groups in total. The van der Waals surface area contributed by atoms with Crippen LogP contribution in [0.5, 0.6) is 0 Å². The number of hydrogen-bond donors (Lipinski definition) is 1. The van der Waals surface area contributed by atoms with Gasteiger partial charge in [-0.15, -0.1) is 0 Å². The summed E-state index contributed by atoms with van der Waals surface area (Å²) in [4.78, 5) is 12.7. The minimum absolute atomic E-state index is 0.192. The predicted octanol–water partition coefficient (Wildman–Crippen LogP) is 4.75. The lowest BCUT2D eigenvalue weighted by Gasteiger charge is -2.13. The number of rotatable bonds is 5. The SMILES string of the molecule is Cc1nn(C(C)C(=O)Nc2ccn(Cc3cccc4ccccc34)n2)c(C)c1Cl. The van der Waals surface area contributed by atoms with Crippen molar-refractivity contribution >= 4 is 34.1 Å². The summed E-state index contributed by atoms with van der Waals surface area (Å²) in [7, 11) is 0. The van der Waals surface area contributed by atoms with Gasteiger partial charge < -0.3 is 5.32 Å². The molecule has 0 bridgehead atoms. The number of nitrogens with one attached hydrogen (secondary N) is 1. The molecule has 0 radical (unpaired) electrons. The van der Waals surface area contributed by atoms with E-state index in [1.165, 1.54) is 16.3 Å². The molecule has 0 saturated carbocycles. The number of amides is 1. The van der Waals surface area contributed by atoms with Gasteiger partial charge in [-0.2, -0.15) is 10.2 Å². The van der Waals surface area contributed by atoms with Crippen molar-refractivity contribution in [1.29, 1.82) is 0 Å². The maximum absolute atomic E-state index is 12.7. The summed E-state index contributed by atoms with van der Waals surface area (Å²) in [5.41, 5.74) is 2.66. The van der Waals surface area contributed by atoms with E-state index in [-0.39, 0.29) is 5.91 Å². The molecule has 4 aromatic rings. The molecule has 0 aliphatic rings. The van der Waals surface area contributed by atoms with Crippen LogP contribution in [-0.2, 0) is 11.3 Å². The Morgan fingerprint density at radius 2 is 1.86 bits per heavy atom. The van der Waals surface area contributed by atoms with E-state index < -0.39 is 6.04 Å². The van der Waals surface area contributed by atoms with Crippen LogP contribution in [0.25, 0.3) is 10.8 Å². The number of nitrogens with zero attached hydrogens (tertiary/aromatic N) is 4. The maximum Gasteiger partial charge on any atom is 0.250 e. The molecule has 0 saturated heterocycles. The van der Waals surface area contributed by atoms with Gasteiger partial charge in [0.25, 0.3) is 0 Å². The summed E-state index contributed by atoms with van der Waals surface area (Å²) in [5.74, 6) is 0.317. The molecule has 2 heterocycles. The van der Waals surface area contributed by atoms with Crippen molar-refractivity contribution in [2.75, 3.05) is 5.32 Å². The third-order valence-corrected chi connectivity index (χ3v) is 5.63. The lowest BCUT2D eigenvalue weighted by Crippen LogP contribution is -2.25. The zero-order chi connectivity index (χ0) is 20.5. The Bertz CT molecular complexity index is 1190. The highest BCUT2D eigenvalue weighted by molar-refractivity contribution is 6.31. The fraction of sp³-hybridized carbons (Fsp3) is 0.227. The van der Waals surface area contributed by atoms with Gasteiger partial charge in [-0.25, -0.2) is 0 Å². The molecular formula is C22H22ClN5O. The Labute approximate surface area is 174 Å². The van der Waals surface area contributed by atoms with Crippen molar-refractivity contribution in [3.8, 4) is 0 Å². The Morgan fingerprint density at radius 1 is 1.10 bits per heavy atom. The van der Waals surface area contributed by atoms with E-state index >= 15 is 0 Å². The first-order valence-electron chi connectivity index (χ1n) is 9.46. The Hall–Kier alpha value is -3.12. The molecule has 4 rings (SSSR count). The van der Waals surface area contributed by atoms with Crippen LogP contribution in [0.1, 0.15) is 29.9 Å². The van der Waals surface area contributed by atoms with E-state index in [1.807, 2.05) is 42.9 Å². The maximum atomic E-state index is 12.7. The van der Waals surface area contributed by atoms with Gasteiger partial charge in [0.15, 0.2) is 5.82 Å². The van der Waals surface area contributed by atoms with Crippen LogP contribution in [0, 0.1) is 13.8 Å². The van der Waals surface area contributed by atoms with Crippen molar-refractivity contribution in [3.63, 3.8) is 0 Å². The Balaban J connectivity index is 1.49. The number of anilines is 1. The van der Waals surface area contributed by atoms with E-state index in [0.717, 1.165) is 5.69 Å². The van der Waals surface area contributed by atoms with Gasteiger partial charge >= 0.3 is 0 Å². The third kappa shape index (κ3) is 3.76. The van der Waals surface area contributed by atoms with Crippen molar-refractivity contribution in [3.05, 3.63) is 76.7 Å². The lowest BCUT2D eigenvalue weighted by atomic mass is 10.0. The zero-order valence-electron chi connectivity index (χ0n) is 16.6. The summed E-state index contributed by atoms with van der Waals surface area (Å²) in [5, 5.41) is 14.7.